The molecule has 0 saturated carbocycles. The first-order valence-corrected chi connectivity index (χ1v) is 9.65. The number of rotatable bonds is 4. The number of aryl methyl sites for hydroxylation is 1. The molecular weight excluding hydrogens is 429 g/mol. The van der Waals surface area contributed by atoms with Crippen molar-refractivity contribution in [2.45, 2.75) is 19.5 Å². The van der Waals surface area contributed by atoms with E-state index in [4.69, 9.17) is 11.6 Å². The average molecular weight is 445 g/mol. The van der Waals surface area contributed by atoms with E-state index in [9.17, 15) is 18.0 Å². The Kier molecular flexibility index (Phi) is 5.41. The zero-order chi connectivity index (χ0) is 22.2. The highest BCUT2D eigenvalue weighted by Gasteiger charge is 2.30. The molecule has 2 heterocycles. The van der Waals surface area contributed by atoms with Gasteiger partial charge in [0.2, 0.25) is 5.91 Å². The smallest absolute Gasteiger partial charge is 0.337 e. The number of carbonyl (C=O) groups excluding carboxylic acids is 1. The highest BCUT2D eigenvalue weighted by atomic mass is 35.5. The number of aromatic amines is 1. The maximum atomic E-state index is 12.7. The van der Waals surface area contributed by atoms with Crippen molar-refractivity contribution < 1.29 is 18.0 Å². The van der Waals surface area contributed by atoms with Crippen LogP contribution in [0.3, 0.4) is 0 Å². The number of aromatic nitrogens is 3. The molecule has 5 nitrogen and oxygen atoms in total. The fourth-order valence-electron chi connectivity index (χ4n) is 3.12. The summed E-state index contributed by atoms with van der Waals surface area (Å²) in [5.74, 6) is 0.145. The highest BCUT2D eigenvalue weighted by molar-refractivity contribution is 6.33. The lowest BCUT2D eigenvalue weighted by atomic mass is 10.1. The minimum absolute atomic E-state index is 0.0655. The third-order valence-electron chi connectivity index (χ3n) is 4.63. The Labute approximate surface area is 180 Å². The van der Waals surface area contributed by atoms with Crippen LogP contribution in [0.4, 0.5) is 18.9 Å². The third-order valence-corrected chi connectivity index (χ3v) is 4.95. The predicted octanol–water partition coefficient (Wildman–Crippen LogP) is 5.79. The van der Waals surface area contributed by atoms with E-state index in [-0.39, 0.29) is 12.3 Å². The summed E-state index contributed by atoms with van der Waals surface area (Å²) in [4.78, 5) is 24.3. The van der Waals surface area contributed by atoms with Crippen molar-refractivity contribution in [2.75, 3.05) is 5.32 Å². The van der Waals surface area contributed by atoms with E-state index in [2.05, 4.69) is 20.3 Å². The van der Waals surface area contributed by atoms with Crippen LogP contribution >= 0.6 is 11.6 Å². The lowest BCUT2D eigenvalue weighted by molar-refractivity contribution is -0.137. The molecule has 4 aromatic rings. The number of pyridine rings is 1. The van der Waals surface area contributed by atoms with Gasteiger partial charge < -0.3 is 10.3 Å². The number of anilines is 1. The Balaban J connectivity index is 1.52. The maximum absolute atomic E-state index is 12.7. The first kappa shape index (κ1) is 20.9. The molecule has 0 saturated heterocycles. The minimum atomic E-state index is -4.41. The van der Waals surface area contributed by atoms with Crippen LogP contribution in [0.15, 0.2) is 54.7 Å². The van der Waals surface area contributed by atoms with Gasteiger partial charge in [0.05, 0.1) is 22.5 Å². The van der Waals surface area contributed by atoms with Gasteiger partial charge in [0, 0.05) is 17.4 Å². The van der Waals surface area contributed by atoms with Crippen LogP contribution in [0.5, 0.6) is 0 Å². The van der Waals surface area contributed by atoms with Gasteiger partial charge in [0.15, 0.2) is 5.65 Å². The number of carbonyl (C=O) groups is 1. The third kappa shape index (κ3) is 4.69. The lowest BCUT2D eigenvalue weighted by Crippen LogP contribution is -2.14. The number of hydrogen-bond acceptors (Lipinski definition) is 3. The van der Waals surface area contributed by atoms with E-state index in [1.807, 2.05) is 13.0 Å². The van der Waals surface area contributed by atoms with Gasteiger partial charge in [0.25, 0.3) is 0 Å². The molecule has 2 aromatic heterocycles. The molecule has 1 amide bonds. The fraction of sp³-hybridized carbons (Fsp3) is 0.136. The number of H-pyrrole nitrogens is 1. The van der Waals surface area contributed by atoms with Gasteiger partial charge in [-0.15, -0.1) is 0 Å². The van der Waals surface area contributed by atoms with Crippen molar-refractivity contribution in [3.63, 3.8) is 0 Å². The number of alkyl halides is 3. The monoisotopic (exact) mass is 444 g/mol. The summed E-state index contributed by atoms with van der Waals surface area (Å²) in [6.07, 6.45) is -2.76. The fourth-order valence-corrected chi connectivity index (χ4v) is 3.33. The molecule has 2 N–H and O–H groups in total. The van der Waals surface area contributed by atoms with Crippen molar-refractivity contribution in [1.82, 2.24) is 15.0 Å². The van der Waals surface area contributed by atoms with E-state index in [0.717, 1.165) is 23.2 Å². The number of amides is 1. The number of imidazole rings is 1. The maximum Gasteiger partial charge on any atom is 0.416 e. The van der Waals surface area contributed by atoms with Gasteiger partial charge >= 0.3 is 6.18 Å². The summed E-state index contributed by atoms with van der Waals surface area (Å²) >= 11 is 6.32. The summed E-state index contributed by atoms with van der Waals surface area (Å²) in [5, 5.41) is 3.18. The highest BCUT2D eigenvalue weighted by Crippen LogP contribution is 2.31. The molecule has 158 valence electrons. The zero-order valence-electron chi connectivity index (χ0n) is 16.2. The first-order valence-electron chi connectivity index (χ1n) is 9.27. The van der Waals surface area contributed by atoms with E-state index in [1.54, 1.807) is 24.4 Å². The average Bonchev–Trinajstić information content (AvgIpc) is 3.12. The van der Waals surface area contributed by atoms with Crippen LogP contribution in [0.1, 0.15) is 16.7 Å². The molecule has 2 aromatic carbocycles. The molecule has 0 bridgehead atoms. The summed E-state index contributed by atoms with van der Waals surface area (Å²) in [6.45, 7) is 1.92. The molecule has 0 radical (unpaired) electrons. The van der Waals surface area contributed by atoms with Crippen LogP contribution < -0.4 is 5.32 Å². The number of benzene rings is 2. The van der Waals surface area contributed by atoms with Crippen LogP contribution in [-0.4, -0.2) is 20.9 Å². The van der Waals surface area contributed by atoms with Crippen molar-refractivity contribution in [2.24, 2.45) is 0 Å². The molecule has 0 atom stereocenters. The number of nitrogens with one attached hydrogen (secondary N) is 2. The quantitative estimate of drug-likeness (QED) is 0.418. The van der Waals surface area contributed by atoms with Crippen molar-refractivity contribution in [1.29, 1.82) is 0 Å². The van der Waals surface area contributed by atoms with Crippen molar-refractivity contribution >= 4 is 34.4 Å². The van der Waals surface area contributed by atoms with Gasteiger partial charge in [-0.3, -0.25) is 4.79 Å². The molecular formula is C22H16ClF3N4O. The largest absolute Gasteiger partial charge is 0.416 e. The summed E-state index contributed by atoms with van der Waals surface area (Å²) in [6, 6.07) is 11.4. The van der Waals surface area contributed by atoms with Crippen molar-refractivity contribution in [3.05, 3.63) is 76.4 Å². The van der Waals surface area contributed by atoms with E-state index >= 15 is 0 Å². The second-order valence-electron chi connectivity index (χ2n) is 7.08. The van der Waals surface area contributed by atoms with Crippen LogP contribution in [0.25, 0.3) is 22.6 Å². The molecule has 0 unspecified atom stereocenters. The van der Waals surface area contributed by atoms with Crippen LogP contribution in [-0.2, 0) is 17.4 Å². The predicted molar refractivity (Wildman–Crippen MR) is 113 cm³/mol. The van der Waals surface area contributed by atoms with E-state index in [1.165, 1.54) is 12.1 Å². The second-order valence-corrected chi connectivity index (χ2v) is 7.49. The first-order chi connectivity index (χ1) is 14.7. The number of nitrogens with zero attached hydrogens (tertiary/aromatic N) is 2. The molecule has 0 spiro atoms. The van der Waals surface area contributed by atoms with Gasteiger partial charge in [-0.25, -0.2) is 9.97 Å². The van der Waals surface area contributed by atoms with Crippen molar-refractivity contribution in [3.8, 4) is 11.4 Å². The SMILES string of the molecule is Cc1cnc2nc(-c3cc(NC(=O)Cc4ccc(C(F)(F)F)cc4)ccc3Cl)[nH]c2c1. The summed E-state index contributed by atoms with van der Waals surface area (Å²) in [5.41, 5.74) is 3.09. The van der Waals surface area contributed by atoms with Gasteiger partial charge in [-0.2, -0.15) is 13.2 Å². The van der Waals surface area contributed by atoms with Gasteiger partial charge in [-0.1, -0.05) is 23.7 Å². The van der Waals surface area contributed by atoms with Crippen LogP contribution in [0, 0.1) is 6.92 Å². The molecule has 9 heteroatoms. The molecule has 0 aliphatic heterocycles. The van der Waals surface area contributed by atoms with Gasteiger partial charge in [0.1, 0.15) is 5.82 Å². The molecule has 31 heavy (non-hydrogen) atoms. The minimum Gasteiger partial charge on any atom is -0.337 e. The molecule has 4 rings (SSSR count). The lowest BCUT2D eigenvalue weighted by Gasteiger charge is -2.09. The Morgan fingerprint density at radius 1 is 1.13 bits per heavy atom. The topological polar surface area (TPSA) is 70.7 Å². The van der Waals surface area contributed by atoms with Gasteiger partial charge in [-0.05, 0) is 54.4 Å². The van der Waals surface area contributed by atoms with E-state index in [0.29, 0.717) is 33.3 Å². The summed E-state index contributed by atoms with van der Waals surface area (Å²) < 4.78 is 38.0. The number of hydrogen-bond donors (Lipinski definition) is 2. The molecule has 0 fully saturated rings. The molecule has 0 aliphatic rings. The Morgan fingerprint density at radius 3 is 2.58 bits per heavy atom. The molecule has 0 aliphatic carbocycles. The number of fused-ring (bicyclic) bond motifs is 1. The Hall–Kier alpha value is -3.39. The van der Waals surface area contributed by atoms with E-state index < -0.39 is 11.7 Å². The Morgan fingerprint density at radius 2 is 1.87 bits per heavy atom. The normalized spacial score (nSPS) is 11.6. The standard InChI is InChI=1S/C22H16ClF3N4O/c1-12-8-18-21(27-11-12)30-20(29-18)16-10-15(6-7-17(16)23)28-19(31)9-13-2-4-14(5-3-13)22(24,25)26/h2-8,10-11H,9H2,1H3,(H,28,31)(H,27,29,30). The zero-order valence-corrected chi connectivity index (χ0v) is 17.0. The second kappa shape index (κ2) is 8.03. The summed E-state index contributed by atoms with van der Waals surface area (Å²) in [7, 11) is 0. The van der Waals surface area contributed by atoms with Crippen LogP contribution in [0.2, 0.25) is 5.02 Å². The number of halogens is 4. The Bertz CT molecular complexity index is 1270.